The van der Waals surface area contributed by atoms with Crippen LogP contribution in [0, 0.1) is 5.41 Å². The van der Waals surface area contributed by atoms with Gasteiger partial charge >= 0.3 is 5.97 Å². The summed E-state index contributed by atoms with van der Waals surface area (Å²) in [4.78, 5) is 33.0. The van der Waals surface area contributed by atoms with Crippen molar-refractivity contribution in [3.63, 3.8) is 0 Å². The van der Waals surface area contributed by atoms with Crippen LogP contribution in [0.15, 0.2) is 23.6 Å². The van der Waals surface area contributed by atoms with E-state index < -0.39 is 17.4 Å². The van der Waals surface area contributed by atoms with Gasteiger partial charge in [-0.15, -0.1) is 23.5 Å². The molecule has 2 fully saturated rings. The summed E-state index contributed by atoms with van der Waals surface area (Å²) in [5.41, 5.74) is 4.76. The lowest BCUT2D eigenvalue weighted by atomic mass is 9.89. The summed E-state index contributed by atoms with van der Waals surface area (Å²) in [7, 11) is 0. The Labute approximate surface area is 129 Å². The van der Waals surface area contributed by atoms with Gasteiger partial charge in [0.15, 0.2) is 0 Å². The van der Waals surface area contributed by atoms with Crippen LogP contribution in [0.25, 0.3) is 0 Å². The Hall–Kier alpha value is -1.32. The Morgan fingerprint density at radius 3 is 3.14 bits per heavy atom. The minimum atomic E-state index is -0.966. The molecule has 2 unspecified atom stereocenters. The van der Waals surface area contributed by atoms with Crippen LogP contribution in [-0.2, 0) is 9.59 Å². The molecular formula is C12H14N4O3S2. The lowest BCUT2D eigenvalue weighted by Gasteiger charge is -2.52. The Kier molecular flexibility index (Phi) is 3.80. The fourth-order valence-electron chi connectivity index (χ4n) is 2.38. The van der Waals surface area contributed by atoms with Crippen molar-refractivity contribution in [2.45, 2.75) is 16.4 Å². The van der Waals surface area contributed by atoms with Crippen LogP contribution >= 0.6 is 23.5 Å². The number of carboxylic acid groups (broad SMARTS) is 1. The lowest BCUT2D eigenvalue weighted by molar-refractivity contribution is -0.155. The Bertz CT molecular complexity index is 573. The molecule has 3 N–H and O–H groups in total. The highest BCUT2D eigenvalue weighted by molar-refractivity contribution is 8.00. The maximum atomic E-state index is 11.7. The molecule has 0 saturated carbocycles. The highest BCUT2D eigenvalue weighted by Crippen LogP contribution is 2.43. The first-order valence-electron chi connectivity index (χ1n) is 6.33. The fourth-order valence-corrected chi connectivity index (χ4v) is 5.02. The molecular weight excluding hydrogens is 312 g/mol. The van der Waals surface area contributed by atoms with Gasteiger partial charge in [0.05, 0.1) is 5.03 Å². The quantitative estimate of drug-likeness (QED) is 0.448. The zero-order valence-electron chi connectivity index (χ0n) is 11.0. The number of aliphatic carboxylic acids is 1. The van der Waals surface area contributed by atoms with Crippen LogP contribution in [0.1, 0.15) is 0 Å². The Balaban J connectivity index is 1.72. The van der Waals surface area contributed by atoms with E-state index in [1.54, 1.807) is 17.2 Å². The molecule has 7 nitrogen and oxygen atoms in total. The molecule has 1 aromatic heterocycles. The molecule has 112 valence electrons. The largest absolute Gasteiger partial charge is 0.481 e. The molecule has 2 saturated heterocycles. The van der Waals surface area contributed by atoms with Crippen molar-refractivity contribution in [3.8, 4) is 0 Å². The second-order valence-corrected chi connectivity index (χ2v) is 7.22. The number of thioether (sulfide) groups is 2. The number of aromatic nitrogens is 2. The molecule has 21 heavy (non-hydrogen) atoms. The highest BCUT2D eigenvalue weighted by Gasteiger charge is 2.55. The SMILES string of the molecule is NC1C(=O)N2CC(CSc3ccncn3)(C(=O)O)CS[C@H]12. The van der Waals surface area contributed by atoms with Gasteiger partial charge in [-0.2, -0.15) is 0 Å². The van der Waals surface area contributed by atoms with E-state index >= 15 is 0 Å². The van der Waals surface area contributed by atoms with Gasteiger partial charge in [0.25, 0.3) is 0 Å². The first-order chi connectivity index (χ1) is 10.0. The first kappa shape index (κ1) is 14.6. The molecule has 1 aromatic rings. The normalized spacial score (nSPS) is 31.5. The number of carboxylic acids is 1. The van der Waals surface area contributed by atoms with Crippen molar-refractivity contribution < 1.29 is 14.7 Å². The van der Waals surface area contributed by atoms with E-state index in [1.165, 1.54) is 29.9 Å². The standard InChI is InChI=1S/C12H14N4O3S2/c13-8-9(17)16-3-12(11(18)19,5-21-10(8)16)4-20-7-1-2-14-6-15-7/h1-2,6,8,10H,3-5,13H2,(H,18,19)/t8?,10-,12?/m1/s1. The smallest absolute Gasteiger partial charge is 0.313 e. The molecule has 2 aliphatic heterocycles. The number of fused-ring (bicyclic) bond motifs is 1. The summed E-state index contributed by atoms with van der Waals surface area (Å²) in [5, 5.41) is 10.3. The maximum absolute atomic E-state index is 11.7. The zero-order valence-corrected chi connectivity index (χ0v) is 12.6. The molecule has 3 atom stereocenters. The number of amides is 1. The van der Waals surface area contributed by atoms with Gasteiger partial charge in [-0.25, -0.2) is 9.97 Å². The molecule has 2 aliphatic rings. The molecule has 3 rings (SSSR count). The van der Waals surface area contributed by atoms with E-state index in [0.29, 0.717) is 11.5 Å². The van der Waals surface area contributed by atoms with E-state index in [-0.39, 0.29) is 17.8 Å². The van der Waals surface area contributed by atoms with Crippen molar-refractivity contribution in [1.82, 2.24) is 14.9 Å². The van der Waals surface area contributed by atoms with Gasteiger partial charge in [0.2, 0.25) is 5.91 Å². The van der Waals surface area contributed by atoms with Gasteiger partial charge < -0.3 is 15.7 Å². The Morgan fingerprint density at radius 1 is 1.67 bits per heavy atom. The highest BCUT2D eigenvalue weighted by atomic mass is 32.2. The third kappa shape index (κ3) is 2.49. The van der Waals surface area contributed by atoms with Crippen LogP contribution in [0.3, 0.4) is 0 Å². The van der Waals surface area contributed by atoms with Crippen molar-refractivity contribution in [1.29, 1.82) is 0 Å². The lowest BCUT2D eigenvalue weighted by Crippen LogP contribution is -2.72. The van der Waals surface area contributed by atoms with Crippen molar-refractivity contribution in [2.24, 2.45) is 11.1 Å². The second kappa shape index (κ2) is 5.47. The topological polar surface area (TPSA) is 109 Å². The minimum absolute atomic E-state index is 0.0750. The summed E-state index contributed by atoms with van der Waals surface area (Å²) in [6, 6.07) is 1.25. The second-order valence-electron chi connectivity index (χ2n) is 5.12. The molecule has 3 heterocycles. The number of carbonyl (C=O) groups excluding carboxylic acids is 1. The summed E-state index contributed by atoms with van der Waals surface area (Å²) in [6.07, 6.45) is 3.05. The van der Waals surface area contributed by atoms with Crippen LogP contribution in [-0.4, -0.2) is 61.3 Å². The molecule has 0 aromatic carbocycles. The van der Waals surface area contributed by atoms with Crippen LogP contribution in [0.5, 0.6) is 0 Å². The fraction of sp³-hybridized carbons (Fsp3) is 0.500. The third-order valence-corrected chi connectivity index (χ3v) is 6.53. The maximum Gasteiger partial charge on any atom is 0.313 e. The van der Waals surface area contributed by atoms with Crippen LogP contribution in [0.2, 0.25) is 0 Å². The van der Waals surface area contributed by atoms with Crippen molar-refractivity contribution in [2.75, 3.05) is 18.1 Å². The number of rotatable bonds is 4. The minimum Gasteiger partial charge on any atom is -0.481 e. The number of β-lactam (4-membered cyclic amide) rings is 1. The molecule has 0 aliphatic carbocycles. The van der Waals surface area contributed by atoms with Gasteiger partial charge in [-0.05, 0) is 6.07 Å². The average molecular weight is 326 g/mol. The average Bonchev–Trinajstić information content (AvgIpc) is 2.52. The van der Waals surface area contributed by atoms with Crippen LogP contribution < -0.4 is 5.73 Å². The summed E-state index contributed by atoms with van der Waals surface area (Å²) in [6.45, 7) is 0.213. The predicted molar refractivity (Wildman–Crippen MR) is 78.8 cm³/mol. The third-order valence-electron chi connectivity index (χ3n) is 3.69. The molecule has 0 bridgehead atoms. The molecule has 9 heteroatoms. The van der Waals surface area contributed by atoms with E-state index in [0.717, 1.165) is 5.03 Å². The van der Waals surface area contributed by atoms with E-state index in [1.807, 2.05) is 0 Å². The zero-order chi connectivity index (χ0) is 15.0. The van der Waals surface area contributed by atoms with Crippen LogP contribution in [0.4, 0.5) is 0 Å². The predicted octanol–water partition coefficient (Wildman–Crippen LogP) is -0.118. The molecule has 0 spiro atoms. The molecule has 0 radical (unpaired) electrons. The number of carbonyl (C=O) groups is 2. The van der Waals surface area contributed by atoms with E-state index in [2.05, 4.69) is 9.97 Å². The van der Waals surface area contributed by atoms with E-state index in [4.69, 9.17) is 5.73 Å². The number of hydrogen-bond donors (Lipinski definition) is 2. The Morgan fingerprint density at radius 2 is 2.48 bits per heavy atom. The molecule has 1 amide bonds. The van der Waals surface area contributed by atoms with E-state index in [9.17, 15) is 14.7 Å². The number of nitrogens with two attached hydrogens (primary N) is 1. The number of hydrogen-bond acceptors (Lipinski definition) is 7. The first-order valence-corrected chi connectivity index (χ1v) is 8.37. The number of nitrogens with zero attached hydrogens (tertiary/aromatic N) is 3. The van der Waals surface area contributed by atoms with Gasteiger partial charge in [-0.3, -0.25) is 9.59 Å². The summed E-state index contributed by atoms with van der Waals surface area (Å²) in [5.74, 6) is -0.242. The van der Waals surface area contributed by atoms with Gasteiger partial charge in [-0.1, -0.05) is 0 Å². The van der Waals surface area contributed by atoms with Crippen molar-refractivity contribution >= 4 is 35.4 Å². The van der Waals surface area contributed by atoms with Crippen molar-refractivity contribution in [3.05, 3.63) is 18.6 Å². The summed E-state index contributed by atoms with van der Waals surface area (Å²) >= 11 is 2.82. The van der Waals surface area contributed by atoms with Gasteiger partial charge in [0, 0.05) is 24.2 Å². The van der Waals surface area contributed by atoms with Gasteiger partial charge in [0.1, 0.15) is 23.2 Å². The monoisotopic (exact) mass is 326 g/mol. The summed E-state index contributed by atoms with van der Waals surface area (Å²) < 4.78 is 0.